The summed E-state index contributed by atoms with van der Waals surface area (Å²) < 4.78 is 11.0. The average molecular weight is 274 g/mol. The molecule has 3 rings (SSSR count). The van der Waals surface area contributed by atoms with Crippen LogP contribution in [0.15, 0.2) is 18.2 Å². The first-order chi connectivity index (χ1) is 9.37. The highest BCUT2D eigenvalue weighted by Crippen LogP contribution is 2.64. The first kappa shape index (κ1) is 13.5. The summed E-state index contributed by atoms with van der Waals surface area (Å²) in [6.45, 7) is 6.27. The zero-order valence-corrected chi connectivity index (χ0v) is 12.7. The molecule has 0 amide bonds. The Hall–Kier alpha value is -1.51. The van der Waals surface area contributed by atoms with Crippen molar-refractivity contribution in [1.29, 1.82) is 0 Å². The molecule has 0 spiro atoms. The van der Waals surface area contributed by atoms with E-state index in [4.69, 9.17) is 9.47 Å². The molecule has 2 aliphatic carbocycles. The first-order valence-corrected chi connectivity index (χ1v) is 7.25. The van der Waals surface area contributed by atoms with E-state index in [2.05, 4.69) is 13.8 Å². The third-order valence-electron chi connectivity index (χ3n) is 5.24. The van der Waals surface area contributed by atoms with Gasteiger partial charge in [-0.05, 0) is 54.9 Å². The van der Waals surface area contributed by atoms with Crippen molar-refractivity contribution in [1.82, 2.24) is 0 Å². The number of methoxy groups -OCH3 is 1. The van der Waals surface area contributed by atoms with Crippen LogP contribution in [0, 0.1) is 10.8 Å². The second kappa shape index (κ2) is 4.24. The van der Waals surface area contributed by atoms with Crippen molar-refractivity contribution in [3.05, 3.63) is 29.3 Å². The molecule has 1 aromatic rings. The zero-order chi connectivity index (χ0) is 14.5. The minimum absolute atomic E-state index is 0.0452. The lowest BCUT2D eigenvalue weighted by Gasteiger charge is -2.19. The number of rotatable bonds is 3. The molecule has 2 atom stereocenters. The van der Waals surface area contributed by atoms with E-state index >= 15 is 0 Å². The van der Waals surface area contributed by atoms with Gasteiger partial charge in [-0.15, -0.1) is 0 Å². The Bertz CT molecular complexity index is 561. The summed E-state index contributed by atoms with van der Waals surface area (Å²) in [6.07, 6.45) is 2.66. The molecule has 0 N–H and O–H groups in total. The largest absolute Gasteiger partial charge is 0.497 e. The molecule has 1 saturated carbocycles. The maximum absolute atomic E-state index is 12.4. The van der Waals surface area contributed by atoms with Gasteiger partial charge in [0.15, 0.2) is 0 Å². The normalized spacial score (nSPS) is 29.7. The van der Waals surface area contributed by atoms with E-state index in [1.54, 1.807) is 7.11 Å². The summed E-state index contributed by atoms with van der Waals surface area (Å²) in [5.41, 5.74) is 2.15. The molecule has 0 radical (unpaired) electrons. The van der Waals surface area contributed by atoms with E-state index in [9.17, 15) is 4.79 Å². The second-order valence-corrected chi connectivity index (χ2v) is 6.89. The molecule has 0 bridgehead atoms. The van der Waals surface area contributed by atoms with Crippen LogP contribution in [0.4, 0.5) is 0 Å². The fourth-order valence-corrected chi connectivity index (χ4v) is 3.25. The van der Waals surface area contributed by atoms with Gasteiger partial charge in [0.2, 0.25) is 0 Å². The highest BCUT2D eigenvalue weighted by molar-refractivity contribution is 5.81. The highest BCUT2D eigenvalue weighted by atomic mass is 16.5. The third-order valence-corrected chi connectivity index (χ3v) is 5.24. The fourth-order valence-electron chi connectivity index (χ4n) is 3.25. The summed E-state index contributed by atoms with van der Waals surface area (Å²) in [7, 11) is 1.67. The number of hydrogen-bond acceptors (Lipinski definition) is 3. The first-order valence-electron chi connectivity index (χ1n) is 7.25. The van der Waals surface area contributed by atoms with Crippen LogP contribution in [0.5, 0.6) is 5.75 Å². The minimum Gasteiger partial charge on any atom is -0.497 e. The van der Waals surface area contributed by atoms with Crippen molar-refractivity contribution in [2.24, 2.45) is 10.8 Å². The Morgan fingerprint density at radius 1 is 1.30 bits per heavy atom. The van der Waals surface area contributed by atoms with Gasteiger partial charge < -0.3 is 9.47 Å². The summed E-state index contributed by atoms with van der Waals surface area (Å²) in [5.74, 6) is 0.821. The molecule has 2 unspecified atom stereocenters. The number of aryl methyl sites for hydroxylation is 1. The predicted octanol–water partition coefficient (Wildman–Crippen LogP) is 3.66. The van der Waals surface area contributed by atoms with Crippen LogP contribution in [-0.2, 0) is 16.0 Å². The Morgan fingerprint density at radius 2 is 2.00 bits per heavy atom. The number of carbonyl (C=O) groups is 1. The number of hydrogen-bond donors (Lipinski definition) is 0. The van der Waals surface area contributed by atoms with Crippen LogP contribution < -0.4 is 4.74 Å². The highest BCUT2D eigenvalue weighted by Gasteiger charge is 2.64. The van der Waals surface area contributed by atoms with Crippen molar-refractivity contribution in [2.45, 2.75) is 46.1 Å². The van der Waals surface area contributed by atoms with Gasteiger partial charge in [-0.2, -0.15) is 0 Å². The van der Waals surface area contributed by atoms with Crippen molar-refractivity contribution in [2.75, 3.05) is 7.11 Å². The van der Waals surface area contributed by atoms with Crippen LogP contribution in [0.25, 0.3) is 0 Å². The molecular weight excluding hydrogens is 252 g/mol. The zero-order valence-electron chi connectivity index (χ0n) is 12.7. The summed E-state index contributed by atoms with van der Waals surface area (Å²) in [4.78, 5) is 12.4. The molecule has 2 aliphatic rings. The molecule has 3 nitrogen and oxygen atoms in total. The van der Waals surface area contributed by atoms with E-state index in [1.165, 1.54) is 5.56 Å². The lowest BCUT2D eigenvalue weighted by Crippen LogP contribution is -2.22. The number of esters is 1. The quantitative estimate of drug-likeness (QED) is 0.789. The molecule has 0 aliphatic heterocycles. The van der Waals surface area contributed by atoms with Gasteiger partial charge in [-0.25, -0.2) is 0 Å². The second-order valence-electron chi connectivity index (χ2n) is 6.89. The maximum Gasteiger partial charge on any atom is 0.312 e. The van der Waals surface area contributed by atoms with Crippen LogP contribution >= 0.6 is 0 Å². The molecule has 0 heterocycles. The van der Waals surface area contributed by atoms with E-state index in [1.807, 2.05) is 25.1 Å². The van der Waals surface area contributed by atoms with E-state index < -0.39 is 0 Å². The molecule has 1 aromatic carbocycles. The molecular formula is C17H22O3. The monoisotopic (exact) mass is 274 g/mol. The Labute approximate surface area is 120 Å². The molecule has 0 aromatic heterocycles. The Morgan fingerprint density at radius 3 is 2.60 bits per heavy atom. The summed E-state index contributed by atoms with van der Waals surface area (Å²) >= 11 is 0. The number of benzene rings is 1. The van der Waals surface area contributed by atoms with E-state index in [0.717, 1.165) is 30.6 Å². The van der Waals surface area contributed by atoms with Crippen LogP contribution in [0.2, 0.25) is 0 Å². The minimum atomic E-state index is -0.303. The molecule has 108 valence electrons. The lowest BCUT2D eigenvalue weighted by molar-refractivity contribution is -0.156. The van der Waals surface area contributed by atoms with Crippen LogP contribution in [0.1, 0.15) is 50.8 Å². The average Bonchev–Trinajstić information content (AvgIpc) is 2.76. The predicted molar refractivity (Wildman–Crippen MR) is 76.7 cm³/mol. The Kier molecular flexibility index (Phi) is 2.86. The van der Waals surface area contributed by atoms with Gasteiger partial charge >= 0.3 is 5.97 Å². The lowest BCUT2D eigenvalue weighted by atomic mass is 9.98. The fraction of sp³-hybridized carbons (Fsp3) is 0.588. The standard InChI is InChI=1S/C17H22O3/c1-16(2)10-17(16,3)15(18)20-14-8-5-11-9-12(19-4)6-7-13(11)14/h6-7,9,14H,5,8,10H2,1-4H3. The van der Waals surface area contributed by atoms with Gasteiger partial charge in [0.1, 0.15) is 11.9 Å². The number of carbonyl (C=O) groups excluding carboxylic acids is 1. The van der Waals surface area contributed by atoms with Gasteiger partial charge in [-0.3, -0.25) is 4.79 Å². The maximum atomic E-state index is 12.4. The molecule has 1 fully saturated rings. The third kappa shape index (κ3) is 1.91. The van der Waals surface area contributed by atoms with Crippen molar-refractivity contribution >= 4 is 5.97 Å². The van der Waals surface area contributed by atoms with Crippen molar-refractivity contribution in [3.63, 3.8) is 0 Å². The summed E-state index contributed by atoms with van der Waals surface area (Å²) in [5, 5.41) is 0. The van der Waals surface area contributed by atoms with Crippen molar-refractivity contribution < 1.29 is 14.3 Å². The smallest absolute Gasteiger partial charge is 0.312 e. The molecule has 0 saturated heterocycles. The van der Waals surface area contributed by atoms with Crippen LogP contribution in [0.3, 0.4) is 0 Å². The summed E-state index contributed by atoms with van der Waals surface area (Å²) in [6, 6.07) is 6.01. The van der Waals surface area contributed by atoms with E-state index in [-0.39, 0.29) is 22.9 Å². The SMILES string of the molecule is COc1ccc2c(c1)CCC2OC(=O)C1(C)CC1(C)C. The van der Waals surface area contributed by atoms with Gasteiger partial charge in [0.25, 0.3) is 0 Å². The van der Waals surface area contributed by atoms with Gasteiger partial charge in [0, 0.05) is 0 Å². The van der Waals surface area contributed by atoms with Gasteiger partial charge in [-0.1, -0.05) is 19.9 Å². The molecule has 3 heteroatoms. The number of fused-ring (bicyclic) bond motifs is 1. The topological polar surface area (TPSA) is 35.5 Å². The number of ether oxygens (including phenoxy) is 2. The Balaban J connectivity index is 1.75. The van der Waals surface area contributed by atoms with Gasteiger partial charge in [0.05, 0.1) is 12.5 Å². The van der Waals surface area contributed by atoms with Crippen LogP contribution in [-0.4, -0.2) is 13.1 Å². The molecule has 20 heavy (non-hydrogen) atoms. The van der Waals surface area contributed by atoms with Crippen molar-refractivity contribution in [3.8, 4) is 5.75 Å². The van der Waals surface area contributed by atoms with E-state index in [0.29, 0.717) is 0 Å².